The fourth-order valence-electron chi connectivity index (χ4n) is 1.94. The number of hydrogen-bond donors (Lipinski definition) is 1. The van der Waals surface area contributed by atoms with Crippen LogP contribution in [0, 0.1) is 5.82 Å². The molecule has 1 aliphatic rings. The quantitative estimate of drug-likeness (QED) is 0.878. The summed E-state index contributed by atoms with van der Waals surface area (Å²) < 4.78 is 24.3. The zero-order chi connectivity index (χ0) is 13.9. The van der Waals surface area contributed by atoms with Crippen LogP contribution in [0.15, 0.2) is 22.7 Å². The maximum Gasteiger partial charge on any atom is 0.229 e. The standard InChI is InChI=1S/C14H16FN3O2/c1-16-7-9-2-5-12(11(15)6-9)19-8-13-17-14(20-18-13)10-3-4-10/h2,5-6,10,16H,3-4,7-8H2,1H3. The Morgan fingerprint density at radius 1 is 1.45 bits per heavy atom. The topological polar surface area (TPSA) is 60.2 Å². The SMILES string of the molecule is CNCc1ccc(OCc2noc(C3CC3)n2)c(F)c1. The van der Waals surface area contributed by atoms with Crippen LogP contribution >= 0.6 is 0 Å². The Balaban J connectivity index is 1.61. The minimum atomic E-state index is -0.385. The normalized spacial score (nSPS) is 14.5. The van der Waals surface area contributed by atoms with Crippen LogP contribution in [0.3, 0.4) is 0 Å². The molecule has 1 aromatic carbocycles. The molecule has 0 amide bonds. The lowest BCUT2D eigenvalue weighted by Gasteiger charge is -2.06. The van der Waals surface area contributed by atoms with Crippen molar-refractivity contribution in [1.82, 2.24) is 15.5 Å². The van der Waals surface area contributed by atoms with Crippen LogP contribution in [0.2, 0.25) is 0 Å². The van der Waals surface area contributed by atoms with E-state index in [1.165, 1.54) is 6.07 Å². The number of rotatable bonds is 6. The average molecular weight is 277 g/mol. The van der Waals surface area contributed by atoms with Gasteiger partial charge in [0.1, 0.15) is 0 Å². The zero-order valence-corrected chi connectivity index (χ0v) is 11.2. The fraction of sp³-hybridized carbons (Fsp3) is 0.429. The van der Waals surface area contributed by atoms with Gasteiger partial charge >= 0.3 is 0 Å². The zero-order valence-electron chi connectivity index (χ0n) is 11.2. The number of halogens is 1. The fourth-order valence-corrected chi connectivity index (χ4v) is 1.94. The smallest absolute Gasteiger partial charge is 0.229 e. The van der Waals surface area contributed by atoms with Crippen molar-refractivity contribution in [3.8, 4) is 5.75 Å². The summed E-state index contributed by atoms with van der Waals surface area (Å²) in [5.41, 5.74) is 0.868. The van der Waals surface area contributed by atoms with Gasteiger partial charge in [0.25, 0.3) is 0 Å². The molecule has 6 heteroatoms. The Bertz CT molecular complexity index is 596. The van der Waals surface area contributed by atoms with E-state index in [1.807, 2.05) is 13.1 Å². The van der Waals surface area contributed by atoms with Gasteiger partial charge in [0.05, 0.1) is 0 Å². The first-order chi connectivity index (χ1) is 9.76. The van der Waals surface area contributed by atoms with Crippen LogP contribution in [-0.2, 0) is 13.2 Å². The summed E-state index contributed by atoms with van der Waals surface area (Å²) in [7, 11) is 1.82. The number of ether oxygens (including phenoxy) is 1. The van der Waals surface area contributed by atoms with Crippen LogP contribution in [0.25, 0.3) is 0 Å². The van der Waals surface area contributed by atoms with E-state index in [1.54, 1.807) is 6.07 Å². The summed E-state index contributed by atoms with van der Waals surface area (Å²) in [6.07, 6.45) is 2.20. The van der Waals surface area contributed by atoms with E-state index in [9.17, 15) is 4.39 Å². The molecule has 1 heterocycles. The molecule has 0 saturated heterocycles. The molecule has 106 valence electrons. The molecule has 1 fully saturated rings. The molecule has 2 aromatic rings. The predicted molar refractivity (Wildman–Crippen MR) is 69.8 cm³/mol. The predicted octanol–water partition coefficient (Wildman–Crippen LogP) is 2.38. The van der Waals surface area contributed by atoms with Crippen molar-refractivity contribution >= 4 is 0 Å². The van der Waals surface area contributed by atoms with Crippen molar-refractivity contribution < 1.29 is 13.7 Å². The third-order valence-electron chi connectivity index (χ3n) is 3.14. The number of hydrogen-bond acceptors (Lipinski definition) is 5. The first-order valence-corrected chi connectivity index (χ1v) is 6.64. The van der Waals surface area contributed by atoms with Gasteiger partial charge in [0.15, 0.2) is 18.2 Å². The summed E-state index contributed by atoms with van der Waals surface area (Å²) >= 11 is 0. The molecule has 1 aromatic heterocycles. The number of nitrogens with one attached hydrogen (secondary N) is 1. The molecule has 1 N–H and O–H groups in total. The van der Waals surface area contributed by atoms with E-state index in [-0.39, 0.29) is 18.2 Å². The lowest BCUT2D eigenvalue weighted by atomic mass is 10.2. The van der Waals surface area contributed by atoms with Crippen molar-refractivity contribution in [3.63, 3.8) is 0 Å². The molecule has 0 spiro atoms. The molecule has 0 atom stereocenters. The van der Waals surface area contributed by atoms with Crippen LogP contribution < -0.4 is 10.1 Å². The summed E-state index contributed by atoms with van der Waals surface area (Å²) in [4.78, 5) is 4.23. The molecule has 0 aliphatic heterocycles. The van der Waals surface area contributed by atoms with Gasteiger partial charge in [0, 0.05) is 12.5 Å². The molecule has 5 nitrogen and oxygen atoms in total. The van der Waals surface area contributed by atoms with E-state index in [0.717, 1.165) is 18.4 Å². The Morgan fingerprint density at radius 3 is 3.00 bits per heavy atom. The first kappa shape index (κ1) is 13.1. The second kappa shape index (κ2) is 5.58. The van der Waals surface area contributed by atoms with Crippen molar-refractivity contribution in [2.24, 2.45) is 0 Å². The highest BCUT2D eigenvalue weighted by Gasteiger charge is 2.29. The van der Waals surface area contributed by atoms with E-state index >= 15 is 0 Å². The average Bonchev–Trinajstić information content (AvgIpc) is 3.18. The second-order valence-electron chi connectivity index (χ2n) is 4.91. The molecular formula is C14H16FN3O2. The maximum atomic E-state index is 13.8. The monoisotopic (exact) mass is 277 g/mol. The minimum Gasteiger partial charge on any atom is -0.482 e. The molecule has 1 aliphatic carbocycles. The number of benzene rings is 1. The van der Waals surface area contributed by atoms with E-state index < -0.39 is 0 Å². The lowest BCUT2D eigenvalue weighted by molar-refractivity contribution is 0.272. The Labute approximate surface area is 116 Å². The van der Waals surface area contributed by atoms with Gasteiger partial charge in [0.2, 0.25) is 11.7 Å². The van der Waals surface area contributed by atoms with Crippen LogP contribution in [-0.4, -0.2) is 17.2 Å². The largest absolute Gasteiger partial charge is 0.482 e. The number of aromatic nitrogens is 2. The molecular weight excluding hydrogens is 261 g/mol. The van der Waals surface area contributed by atoms with Gasteiger partial charge in [-0.15, -0.1) is 0 Å². The van der Waals surface area contributed by atoms with Crippen molar-refractivity contribution in [2.75, 3.05) is 7.05 Å². The summed E-state index contributed by atoms with van der Waals surface area (Å²) in [5.74, 6) is 1.33. The lowest BCUT2D eigenvalue weighted by Crippen LogP contribution is -2.06. The summed E-state index contributed by atoms with van der Waals surface area (Å²) in [5, 5.41) is 6.79. The van der Waals surface area contributed by atoms with Crippen molar-refractivity contribution in [2.45, 2.75) is 31.9 Å². The first-order valence-electron chi connectivity index (χ1n) is 6.64. The van der Waals surface area contributed by atoms with E-state index in [4.69, 9.17) is 9.26 Å². The molecule has 0 radical (unpaired) electrons. The van der Waals surface area contributed by atoms with Crippen LogP contribution in [0.1, 0.15) is 36.0 Å². The number of nitrogens with zero attached hydrogens (tertiary/aromatic N) is 2. The van der Waals surface area contributed by atoms with Crippen LogP contribution in [0.4, 0.5) is 4.39 Å². The van der Waals surface area contributed by atoms with Gasteiger partial charge in [-0.3, -0.25) is 0 Å². The van der Waals surface area contributed by atoms with Gasteiger partial charge in [-0.25, -0.2) is 4.39 Å². The minimum absolute atomic E-state index is 0.110. The molecule has 0 bridgehead atoms. The van der Waals surface area contributed by atoms with Crippen molar-refractivity contribution in [3.05, 3.63) is 41.3 Å². The highest BCUT2D eigenvalue weighted by Crippen LogP contribution is 2.38. The highest BCUT2D eigenvalue weighted by atomic mass is 19.1. The Morgan fingerprint density at radius 2 is 2.30 bits per heavy atom. The third-order valence-corrected chi connectivity index (χ3v) is 3.14. The summed E-state index contributed by atoms with van der Waals surface area (Å²) in [6.45, 7) is 0.727. The van der Waals surface area contributed by atoms with Crippen LogP contribution in [0.5, 0.6) is 5.75 Å². The van der Waals surface area contributed by atoms with Gasteiger partial charge in [-0.05, 0) is 37.6 Å². The van der Waals surface area contributed by atoms with Gasteiger partial charge < -0.3 is 14.6 Å². The maximum absolute atomic E-state index is 13.8. The molecule has 3 rings (SSSR count). The second-order valence-corrected chi connectivity index (χ2v) is 4.91. The van der Waals surface area contributed by atoms with Crippen molar-refractivity contribution in [1.29, 1.82) is 0 Å². The Kier molecular flexibility index (Phi) is 3.64. The molecule has 0 unspecified atom stereocenters. The van der Waals surface area contributed by atoms with Gasteiger partial charge in [-0.2, -0.15) is 4.98 Å². The summed E-state index contributed by atoms with van der Waals surface area (Å²) in [6, 6.07) is 4.89. The third kappa shape index (κ3) is 2.96. The molecule has 1 saturated carbocycles. The van der Waals surface area contributed by atoms with E-state index in [2.05, 4.69) is 15.5 Å². The van der Waals surface area contributed by atoms with Gasteiger partial charge in [-0.1, -0.05) is 11.2 Å². The Hall–Kier alpha value is -1.95. The molecule has 20 heavy (non-hydrogen) atoms. The highest BCUT2D eigenvalue weighted by molar-refractivity contribution is 5.29. The van der Waals surface area contributed by atoms with E-state index in [0.29, 0.717) is 24.2 Å².